The summed E-state index contributed by atoms with van der Waals surface area (Å²) >= 11 is 30.0. The van der Waals surface area contributed by atoms with Gasteiger partial charge in [-0.3, -0.25) is 0 Å². The van der Waals surface area contributed by atoms with Crippen LogP contribution in [-0.2, 0) is 43.3 Å². The Morgan fingerprint density at radius 2 is 0.527 bits per heavy atom. The van der Waals surface area contributed by atoms with Crippen LogP contribution in [0.1, 0.15) is 233 Å². The second-order valence-corrected chi connectivity index (χ2v) is 33.9. The van der Waals surface area contributed by atoms with Crippen molar-refractivity contribution in [2.24, 2.45) is 0 Å². The molecule has 0 aliphatic heterocycles. The first kappa shape index (κ1) is 84.1. The van der Waals surface area contributed by atoms with Crippen molar-refractivity contribution >= 4 is 58.0 Å². The molecule has 0 aliphatic carbocycles. The molecule has 0 spiro atoms. The third-order valence-corrected chi connectivity index (χ3v) is 16.0. The van der Waals surface area contributed by atoms with Crippen molar-refractivity contribution in [3.8, 4) is 0 Å². The summed E-state index contributed by atoms with van der Waals surface area (Å²) in [5.74, 6) is -0.395. The van der Waals surface area contributed by atoms with E-state index in [1.807, 2.05) is 102 Å². The standard InChI is InChI=1S/2C11H15Cl.2C11H16.C10H12ClF.2C10H13Cl.C10H13F/c2*1-8-5-6-9(10(12)7-8)11(2,3)4;2*1-9-5-7-10(8-6-9)11(2,3)4;1-10(2,3)8-5-4-7(12)6-9(8)11;1-10(2,3)8-5-4-6-9(11)7-8;2*1-10(2,3)8-6-4-5-7-9(8)11/h2*5-7H,1-4H3;2*5-8H,1-4H3;4-6H,1-3H3;3*4-7H,1-3H3. The van der Waals surface area contributed by atoms with Crippen molar-refractivity contribution in [3.05, 3.63) is 279 Å². The van der Waals surface area contributed by atoms with E-state index in [2.05, 4.69) is 237 Å². The second-order valence-electron chi connectivity index (χ2n) is 31.8. The molecule has 0 saturated heterocycles. The molecule has 0 atom stereocenters. The second kappa shape index (κ2) is 36.1. The Bertz CT molecular complexity index is 3170. The minimum atomic E-state index is -0.284. The van der Waals surface area contributed by atoms with Crippen LogP contribution in [0.3, 0.4) is 0 Å². The first-order valence-electron chi connectivity index (χ1n) is 31.7. The number of aryl methyl sites for hydroxylation is 4. The maximum Gasteiger partial charge on any atom is 0.126 e. The number of rotatable bonds is 0. The van der Waals surface area contributed by atoms with Crippen LogP contribution in [0.25, 0.3) is 0 Å². The van der Waals surface area contributed by atoms with E-state index >= 15 is 0 Å². The van der Waals surface area contributed by atoms with Gasteiger partial charge >= 0.3 is 0 Å². The van der Waals surface area contributed by atoms with Crippen molar-refractivity contribution in [1.29, 1.82) is 0 Å². The first-order valence-corrected chi connectivity index (χ1v) is 33.5. The van der Waals surface area contributed by atoms with Crippen LogP contribution in [0.2, 0.25) is 25.1 Å². The molecule has 0 aliphatic rings. The lowest BCUT2D eigenvalue weighted by Gasteiger charge is -2.20. The maximum atomic E-state index is 13.1. The van der Waals surface area contributed by atoms with Gasteiger partial charge in [-0.1, -0.05) is 363 Å². The van der Waals surface area contributed by atoms with Gasteiger partial charge in [-0.25, -0.2) is 8.78 Å². The van der Waals surface area contributed by atoms with Crippen molar-refractivity contribution in [2.45, 2.75) is 237 Å². The third kappa shape index (κ3) is 32.7. The first-order chi connectivity index (χ1) is 41.3. The SMILES string of the molecule is CC(C)(C)c1ccc(F)cc1Cl.CC(C)(C)c1cccc(Cl)c1.CC(C)(C)c1ccccc1Cl.CC(C)(C)c1ccccc1F.Cc1ccc(C(C)(C)C)c(Cl)c1.Cc1ccc(C(C)(C)C)c(Cl)c1.Cc1ccc(C(C)(C)C)cc1.Cc1ccc(C(C)(C)C)cc1. The predicted octanol–water partition coefficient (Wildman–Crippen LogP) is 28.7. The van der Waals surface area contributed by atoms with Crippen molar-refractivity contribution < 1.29 is 8.78 Å². The zero-order valence-corrected chi connectivity index (χ0v) is 64.7. The molecule has 0 N–H and O–H groups in total. The monoisotopic (exact) mass is 1330 g/mol. The van der Waals surface area contributed by atoms with Gasteiger partial charge in [0, 0.05) is 25.1 Å². The highest BCUT2D eigenvalue weighted by Crippen LogP contribution is 2.34. The number of benzene rings is 8. The lowest BCUT2D eigenvalue weighted by atomic mass is 9.86. The van der Waals surface area contributed by atoms with Gasteiger partial charge in [0.05, 0.1) is 0 Å². The summed E-state index contributed by atoms with van der Waals surface area (Å²) in [6.07, 6.45) is 0. The zero-order valence-electron chi connectivity index (χ0n) is 60.9. The summed E-state index contributed by atoms with van der Waals surface area (Å²) in [6.45, 7) is 59.9. The highest BCUT2D eigenvalue weighted by Gasteiger charge is 2.21. The molecular weight excluding hydrogens is 1220 g/mol. The van der Waals surface area contributed by atoms with E-state index in [-0.39, 0.29) is 55.0 Å². The molecule has 0 saturated carbocycles. The number of hydrogen-bond acceptors (Lipinski definition) is 0. The summed E-state index contributed by atoms with van der Waals surface area (Å²) in [4.78, 5) is 0. The normalized spacial score (nSPS) is 11.7. The largest absolute Gasteiger partial charge is 0.207 e. The molecule has 0 nitrogen and oxygen atoms in total. The molecule has 0 radical (unpaired) electrons. The van der Waals surface area contributed by atoms with Gasteiger partial charge in [-0.05, 0) is 175 Å². The molecule has 8 aromatic rings. The van der Waals surface area contributed by atoms with Crippen molar-refractivity contribution in [2.75, 3.05) is 0 Å². The van der Waals surface area contributed by atoms with Gasteiger partial charge in [0.2, 0.25) is 0 Å². The molecule has 91 heavy (non-hydrogen) atoms. The lowest BCUT2D eigenvalue weighted by molar-refractivity contribution is 0.523. The third-order valence-electron chi connectivity index (χ3n) is 14.5. The molecule has 8 aromatic carbocycles. The van der Waals surface area contributed by atoms with E-state index in [1.54, 1.807) is 12.1 Å². The Balaban J connectivity index is 0.000000520. The fourth-order valence-corrected chi connectivity index (χ4v) is 10.9. The average Bonchev–Trinajstić information content (AvgIpc) is 1.82. The van der Waals surface area contributed by atoms with E-state index in [1.165, 1.54) is 73.8 Å². The molecule has 8 rings (SSSR count). The molecular formula is C84H113Cl5F2. The van der Waals surface area contributed by atoms with Crippen LogP contribution in [0, 0.1) is 39.3 Å². The Morgan fingerprint density at radius 3 is 0.791 bits per heavy atom. The van der Waals surface area contributed by atoms with E-state index in [9.17, 15) is 8.78 Å². The molecule has 0 amide bonds. The molecule has 0 unspecified atom stereocenters. The van der Waals surface area contributed by atoms with E-state index < -0.39 is 0 Å². The highest BCUT2D eigenvalue weighted by molar-refractivity contribution is 6.32. The van der Waals surface area contributed by atoms with Gasteiger partial charge in [0.15, 0.2) is 0 Å². The molecule has 0 bridgehead atoms. The van der Waals surface area contributed by atoms with Gasteiger partial charge in [-0.2, -0.15) is 0 Å². The topological polar surface area (TPSA) is 0 Å². The fourth-order valence-electron chi connectivity index (χ4n) is 8.76. The zero-order chi connectivity index (χ0) is 70.5. The number of hydrogen-bond donors (Lipinski definition) is 0. The summed E-state index contributed by atoms with van der Waals surface area (Å²) in [5.41, 5.74) is 15.7. The van der Waals surface area contributed by atoms with Crippen LogP contribution in [-0.4, -0.2) is 0 Å². The smallest absolute Gasteiger partial charge is 0.126 e. The molecule has 498 valence electrons. The summed E-state index contributed by atoms with van der Waals surface area (Å²) < 4.78 is 25.7. The van der Waals surface area contributed by atoms with Gasteiger partial charge in [0.25, 0.3) is 0 Å². The van der Waals surface area contributed by atoms with Crippen LogP contribution < -0.4 is 0 Å². The predicted molar refractivity (Wildman–Crippen MR) is 405 cm³/mol. The Labute approximate surface area is 579 Å². The summed E-state index contributed by atoms with van der Waals surface area (Å²) in [5, 5.41) is 3.94. The molecule has 0 fully saturated rings. The van der Waals surface area contributed by atoms with E-state index in [0.717, 1.165) is 31.2 Å². The molecule has 0 aromatic heterocycles. The van der Waals surface area contributed by atoms with Crippen LogP contribution >= 0.6 is 58.0 Å². The van der Waals surface area contributed by atoms with E-state index in [0.29, 0.717) is 5.02 Å². The molecule has 0 heterocycles. The average molecular weight is 1340 g/mol. The quantitative estimate of drug-likeness (QED) is 0.142. The maximum absolute atomic E-state index is 13.1. The van der Waals surface area contributed by atoms with Crippen molar-refractivity contribution in [1.82, 2.24) is 0 Å². The van der Waals surface area contributed by atoms with Crippen LogP contribution in [0.5, 0.6) is 0 Å². The Kier molecular flexibility index (Phi) is 33.3. The van der Waals surface area contributed by atoms with Crippen LogP contribution in [0.15, 0.2) is 176 Å². The van der Waals surface area contributed by atoms with Gasteiger partial charge in [0.1, 0.15) is 11.6 Å². The Hall–Kier alpha value is -4.93. The summed E-state index contributed by atoms with van der Waals surface area (Å²) in [6, 6.07) is 57.4. The van der Waals surface area contributed by atoms with Gasteiger partial charge < -0.3 is 0 Å². The number of halogens is 7. The van der Waals surface area contributed by atoms with Crippen LogP contribution in [0.4, 0.5) is 8.78 Å². The summed E-state index contributed by atoms with van der Waals surface area (Å²) in [7, 11) is 0. The molecule has 7 heteroatoms. The fraction of sp³-hybridized carbons (Fsp3) is 0.429. The van der Waals surface area contributed by atoms with Gasteiger partial charge in [-0.15, -0.1) is 0 Å². The lowest BCUT2D eigenvalue weighted by Crippen LogP contribution is -2.12. The highest BCUT2D eigenvalue weighted by atomic mass is 35.5. The minimum absolute atomic E-state index is 0.0230. The minimum Gasteiger partial charge on any atom is -0.207 e. The Morgan fingerprint density at radius 1 is 0.231 bits per heavy atom. The van der Waals surface area contributed by atoms with Crippen molar-refractivity contribution in [3.63, 3.8) is 0 Å². The van der Waals surface area contributed by atoms with E-state index in [4.69, 9.17) is 58.0 Å².